The Kier molecular flexibility index (Phi) is 1.71. The number of aryl methyl sites for hydroxylation is 1. The van der Waals surface area contributed by atoms with Crippen molar-refractivity contribution in [2.75, 3.05) is 0 Å². The molecule has 0 aliphatic heterocycles. The molecule has 4 heteroatoms. The summed E-state index contributed by atoms with van der Waals surface area (Å²) < 4.78 is 1.67. The highest BCUT2D eigenvalue weighted by molar-refractivity contribution is 6.34. The van der Waals surface area contributed by atoms with Gasteiger partial charge in [0.2, 0.25) is 0 Å². The Bertz CT molecular complexity index is 507. The zero-order valence-corrected chi connectivity index (χ0v) is 7.71. The molecule has 0 N–H and O–H groups in total. The molecule has 64 valence electrons. The predicted octanol–water partition coefficient (Wildman–Crippen LogP) is 2.10. The first kappa shape index (κ1) is 8.09. The molecule has 0 fully saturated rings. The van der Waals surface area contributed by atoms with E-state index in [1.807, 2.05) is 12.1 Å². The van der Waals surface area contributed by atoms with Crippen molar-refractivity contribution in [1.82, 2.24) is 9.78 Å². The van der Waals surface area contributed by atoms with Gasteiger partial charge < -0.3 is 0 Å². The van der Waals surface area contributed by atoms with Crippen molar-refractivity contribution in [1.29, 1.82) is 5.26 Å². The van der Waals surface area contributed by atoms with Crippen LogP contribution in [0.15, 0.2) is 18.2 Å². The van der Waals surface area contributed by atoms with E-state index in [-0.39, 0.29) is 0 Å². The van der Waals surface area contributed by atoms with Gasteiger partial charge in [-0.25, -0.2) is 0 Å². The Morgan fingerprint density at radius 1 is 1.54 bits per heavy atom. The van der Waals surface area contributed by atoms with Crippen LogP contribution >= 0.6 is 11.6 Å². The van der Waals surface area contributed by atoms with Crippen molar-refractivity contribution in [2.24, 2.45) is 7.05 Å². The van der Waals surface area contributed by atoms with Gasteiger partial charge in [0.25, 0.3) is 0 Å². The Hall–Kier alpha value is -1.53. The number of nitrogens with zero attached hydrogens (tertiary/aromatic N) is 3. The van der Waals surface area contributed by atoms with Gasteiger partial charge in [-0.3, -0.25) is 4.68 Å². The van der Waals surface area contributed by atoms with Crippen LogP contribution in [0.3, 0.4) is 0 Å². The first-order valence-electron chi connectivity index (χ1n) is 3.75. The fraction of sp³-hybridized carbons (Fsp3) is 0.111. The summed E-state index contributed by atoms with van der Waals surface area (Å²) in [6, 6.07) is 7.52. The summed E-state index contributed by atoms with van der Waals surface area (Å²) in [4.78, 5) is 0. The third-order valence-corrected chi connectivity index (χ3v) is 2.22. The average molecular weight is 192 g/mol. The minimum Gasteiger partial charge on any atom is -0.266 e. The number of hydrogen-bond acceptors (Lipinski definition) is 2. The molecule has 0 amide bonds. The molecule has 13 heavy (non-hydrogen) atoms. The van der Waals surface area contributed by atoms with Gasteiger partial charge in [-0.05, 0) is 12.1 Å². The summed E-state index contributed by atoms with van der Waals surface area (Å²) >= 11 is 5.88. The molecular weight excluding hydrogens is 186 g/mol. The lowest BCUT2D eigenvalue weighted by Crippen LogP contribution is -1.88. The number of rotatable bonds is 0. The van der Waals surface area contributed by atoms with E-state index < -0.39 is 0 Å². The molecule has 1 aromatic carbocycles. The fourth-order valence-electron chi connectivity index (χ4n) is 1.36. The number of fused-ring (bicyclic) bond motifs is 1. The van der Waals surface area contributed by atoms with E-state index in [1.54, 1.807) is 17.8 Å². The molecule has 0 atom stereocenters. The SMILES string of the molecule is Cn1nc(Cl)c2c(C#N)cccc21. The lowest BCUT2D eigenvalue weighted by Gasteiger charge is -1.93. The van der Waals surface area contributed by atoms with Crippen LogP contribution in [0.1, 0.15) is 5.56 Å². The minimum atomic E-state index is 0.384. The van der Waals surface area contributed by atoms with E-state index in [9.17, 15) is 0 Å². The van der Waals surface area contributed by atoms with E-state index in [1.165, 1.54) is 0 Å². The highest BCUT2D eigenvalue weighted by Gasteiger charge is 2.09. The van der Waals surface area contributed by atoms with Crippen LogP contribution in [0, 0.1) is 11.3 Å². The lowest BCUT2D eigenvalue weighted by molar-refractivity contribution is 0.797. The number of hydrogen-bond donors (Lipinski definition) is 0. The van der Waals surface area contributed by atoms with Crippen molar-refractivity contribution in [2.45, 2.75) is 0 Å². The van der Waals surface area contributed by atoms with E-state index >= 15 is 0 Å². The molecule has 3 nitrogen and oxygen atoms in total. The van der Waals surface area contributed by atoms with Gasteiger partial charge in [0, 0.05) is 7.05 Å². The minimum absolute atomic E-state index is 0.384. The molecule has 2 aromatic rings. The number of halogens is 1. The molecular formula is C9H6ClN3. The molecule has 0 saturated heterocycles. The number of nitriles is 1. The molecule has 0 saturated carbocycles. The molecule has 0 radical (unpaired) electrons. The van der Waals surface area contributed by atoms with Crippen LogP contribution in [-0.4, -0.2) is 9.78 Å². The second kappa shape index (κ2) is 2.75. The van der Waals surface area contributed by atoms with Gasteiger partial charge >= 0.3 is 0 Å². The highest BCUT2D eigenvalue weighted by Crippen LogP contribution is 2.25. The third kappa shape index (κ3) is 1.07. The van der Waals surface area contributed by atoms with Crippen LogP contribution in [0.25, 0.3) is 10.9 Å². The van der Waals surface area contributed by atoms with E-state index in [0.29, 0.717) is 10.7 Å². The first-order valence-corrected chi connectivity index (χ1v) is 4.13. The topological polar surface area (TPSA) is 41.6 Å². The second-order valence-electron chi connectivity index (χ2n) is 2.73. The van der Waals surface area contributed by atoms with Crippen LogP contribution in [0.5, 0.6) is 0 Å². The Balaban J connectivity index is 2.99. The van der Waals surface area contributed by atoms with Crippen LogP contribution < -0.4 is 0 Å². The first-order chi connectivity index (χ1) is 6.24. The van der Waals surface area contributed by atoms with E-state index in [0.717, 1.165) is 10.9 Å². The Labute approximate surface area is 80.1 Å². The Morgan fingerprint density at radius 2 is 2.31 bits per heavy atom. The molecule has 1 aromatic heterocycles. The zero-order valence-electron chi connectivity index (χ0n) is 6.95. The Morgan fingerprint density at radius 3 is 3.00 bits per heavy atom. The lowest BCUT2D eigenvalue weighted by atomic mass is 10.1. The summed E-state index contributed by atoms with van der Waals surface area (Å²) in [6.07, 6.45) is 0. The van der Waals surface area contributed by atoms with Gasteiger partial charge in [-0.15, -0.1) is 0 Å². The summed E-state index contributed by atoms with van der Waals surface area (Å²) in [7, 11) is 1.80. The van der Waals surface area contributed by atoms with Crippen LogP contribution in [0.4, 0.5) is 0 Å². The molecule has 0 aliphatic carbocycles. The van der Waals surface area contributed by atoms with Crippen LogP contribution in [0.2, 0.25) is 5.15 Å². The maximum Gasteiger partial charge on any atom is 0.160 e. The van der Waals surface area contributed by atoms with E-state index in [4.69, 9.17) is 16.9 Å². The third-order valence-electron chi connectivity index (χ3n) is 1.96. The smallest absolute Gasteiger partial charge is 0.160 e. The summed E-state index contributed by atoms with van der Waals surface area (Å²) in [5.41, 5.74) is 1.44. The van der Waals surface area contributed by atoms with Gasteiger partial charge in [0.05, 0.1) is 22.5 Å². The average Bonchev–Trinajstić information content (AvgIpc) is 2.43. The fourth-order valence-corrected chi connectivity index (χ4v) is 1.67. The largest absolute Gasteiger partial charge is 0.266 e. The predicted molar refractivity (Wildman–Crippen MR) is 50.4 cm³/mol. The van der Waals surface area contributed by atoms with Gasteiger partial charge in [-0.1, -0.05) is 17.7 Å². The normalized spacial score (nSPS) is 10.2. The standard InChI is InChI=1S/C9H6ClN3/c1-13-7-4-2-3-6(5-11)8(7)9(10)12-13/h2-4H,1H3. The van der Waals surface area contributed by atoms with Crippen LogP contribution in [-0.2, 0) is 7.05 Å². The van der Waals surface area contributed by atoms with Crippen molar-refractivity contribution in [3.8, 4) is 6.07 Å². The molecule has 0 bridgehead atoms. The van der Waals surface area contributed by atoms with Crippen molar-refractivity contribution in [3.05, 3.63) is 28.9 Å². The summed E-state index contributed by atoms with van der Waals surface area (Å²) in [6.45, 7) is 0. The molecule has 1 heterocycles. The van der Waals surface area contributed by atoms with Crippen molar-refractivity contribution < 1.29 is 0 Å². The number of benzene rings is 1. The van der Waals surface area contributed by atoms with Crippen molar-refractivity contribution in [3.63, 3.8) is 0 Å². The molecule has 0 unspecified atom stereocenters. The molecule has 0 spiro atoms. The zero-order chi connectivity index (χ0) is 9.42. The maximum absolute atomic E-state index is 8.82. The maximum atomic E-state index is 8.82. The van der Waals surface area contributed by atoms with Gasteiger partial charge in [-0.2, -0.15) is 10.4 Å². The number of aromatic nitrogens is 2. The second-order valence-corrected chi connectivity index (χ2v) is 3.08. The molecule has 2 rings (SSSR count). The highest BCUT2D eigenvalue weighted by atomic mass is 35.5. The van der Waals surface area contributed by atoms with Gasteiger partial charge in [0.15, 0.2) is 5.15 Å². The van der Waals surface area contributed by atoms with Gasteiger partial charge in [0.1, 0.15) is 0 Å². The summed E-state index contributed by atoms with van der Waals surface area (Å²) in [5, 5.41) is 14.0. The quantitative estimate of drug-likeness (QED) is 0.640. The van der Waals surface area contributed by atoms with E-state index in [2.05, 4.69) is 11.2 Å². The van der Waals surface area contributed by atoms with Crippen molar-refractivity contribution >= 4 is 22.5 Å². The monoisotopic (exact) mass is 191 g/mol. The molecule has 0 aliphatic rings. The summed E-state index contributed by atoms with van der Waals surface area (Å²) in [5.74, 6) is 0.